The lowest BCUT2D eigenvalue weighted by atomic mass is 10.0. The maximum Gasteiger partial charge on any atom is 0.289 e. The minimum atomic E-state index is -0.0685. The van der Waals surface area contributed by atoms with Gasteiger partial charge in [0.05, 0.1) is 6.54 Å². The Morgan fingerprint density at radius 3 is 2.85 bits per heavy atom. The summed E-state index contributed by atoms with van der Waals surface area (Å²) in [5, 5.41) is 4.08. The number of benzene rings is 1. The monoisotopic (exact) mass is 377 g/mol. The van der Waals surface area contributed by atoms with E-state index in [1.165, 1.54) is 0 Å². The third-order valence-electron chi connectivity index (χ3n) is 5.29. The lowest BCUT2D eigenvalue weighted by Gasteiger charge is -2.40. The van der Waals surface area contributed by atoms with Gasteiger partial charge in [0, 0.05) is 43.2 Å². The molecule has 1 unspecified atom stereocenters. The van der Waals surface area contributed by atoms with Crippen molar-refractivity contribution in [3.05, 3.63) is 35.6 Å². The molecule has 1 aromatic carbocycles. The first kappa shape index (κ1) is 18.7. The lowest BCUT2D eigenvalue weighted by Crippen LogP contribution is -2.57. The lowest BCUT2D eigenvalue weighted by molar-refractivity contribution is -0.135. The fraction of sp³-hybridized carbons (Fsp3) is 0.474. The third kappa shape index (κ3) is 3.31. The third-order valence-corrected chi connectivity index (χ3v) is 5.29. The summed E-state index contributed by atoms with van der Waals surface area (Å²) in [7, 11) is 0. The molecule has 2 amide bonds. The van der Waals surface area contributed by atoms with Gasteiger partial charge in [-0.05, 0) is 25.8 Å². The van der Waals surface area contributed by atoms with Crippen molar-refractivity contribution in [1.82, 2.24) is 15.1 Å². The van der Waals surface area contributed by atoms with Crippen LogP contribution in [0, 0.1) is 6.92 Å². The molecule has 2 aliphatic rings. The molecule has 4 rings (SSSR count). The Bertz CT molecular complexity index is 819. The SMILES string of the molecule is Cc1c(C(=O)N2CCCC(N3CCNCC3=O)C2)oc2ccccc12.Cl. The number of likely N-dealkylation sites (tertiary alicyclic amines) is 1. The van der Waals surface area contributed by atoms with Crippen LogP contribution in [0.4, 0.5) is 0 Å². The zero-order chi connectivity index (χ0) is 17.4. The predicted octanol–water partition coefficient (Wildman–Crippen LogP) is 2.20. The van der Waals surface area contributed by atoms with Crippen molar-refractivity contribution < 1.29 is 14.0 Å². The Morgan fingerprint density at radius 2 is 2.08 bits per heavy atom. The molecule has 26 heavy (non-hydrogen) atoms. The molecule has 1 atom stereocenters. The second-order valence-corrected chi connectivity index (χ2v) is 6.86. The number of nitrogens with one attached hydrogen (secondary N) is 1. The van der Waals surface area contributed by atoms with Crippen molar-refractivity contribution in [2.45, 2.75) is 25.8 Å². The van der Waals surface area contributed by atoms with Crippen molar-refractivity contribution in [1.29, 1.82) is 0 Å². The van der Waals surface area contributed by atoms with Crippen LogP contribution < -0.4 is 5.32 Å². The molecule has 3 heterocycles. The number of para-hydroxylation sites is 1. The average Bonchev–Trinajstić information content (AvgIpc) is 2.99. The van der Waals surface area contributed by atoms with Crippen LogP contribution in [-0.4, -0.2) is 60.4 Å². The molecule has 0 spiro atoms. The summed E-state index contributed by atoms with van der Waals surface area (Å²) in [4.78, 5) is 28.9. The first-order valence-corrected chi connectivity index (χ1v) is 8.93. The molecule has 7 heteroatoms. The summed E-state index contributed by atoms with van der Waals surface area (Å²) in [6, 6.07) is 7.83. The Kier molecular flexibility index (Phi) is 5.53. The highest BCUT2D eigenvalue weighted by Gasteiger charge is 2.33. The van der Waals surface area contributed by atoms with Crippen molar-refractivity contribution >= 4 is 35.2 Å². The molecule has 2 saturated heterocycles. The zero-order valence-electron chi connectivity index (χ0n) is 14.9. The summed E-state index contributed by atoms with van der Waals surface area (Å²) >= 11 is 0. The summed E-state index contributed by atoms with van der Waals surface area (Å²) in [6.45, 7) is 5.16. The minimum Gasteiger partial charge on any atom is -0.451 e. The van der Waals surface area contributed by atoms with Gasteiger partial charge in [-0.15, -0.1) is 12.4 Å². The number of rotatable bonds is 2. The van der Waals surface area contributed by atoms with Gasteiger partial charge in [-0.2, -0.15) is 0 Å². The molecular formula is C19H24ClN3O3. The number of furan rings is 1. The van der Waals surface area contributed by atoms with E-state index in [2.05, 4.69) is 5.32 Å². The molecule has 2 fully saturated rings. The van der Waals surface area contributed by atoms with Crippen LogP contribution >= 0.6 is 12.4 Å². The molecule has 0 saturated carbocycles. The number of amides is 2. The number of piperazine rings is 1. The maximum absolute atomic E-state index is 13.0. The second kappa shape index (κ2) is 7.68. The molecule has 2 aromatic rings. The van der Waals surface area contributed by atoms with Crippen molar-refractivity contribution in [2.75, 3.05) is 32.7 Å². The number of aryl methyl sites for hydroxylation is 1. The first-order valence-electron chi connectivity index (χ1n) is 8.93. The molecule has 6 nitrogen and oxygen atoms in total. The smallest absolute Gasteiger partial charge is 0.289 e. The molecular weight excluding hydrogens is 354 g/mol. The largest absolute Gasteiger partial charge is 0.451 e. The fourth-order valence-electron chi connectivity index (χ4n) is 3.92. The molecule has 0 radical (unpaired) electrons. The van der Waals surface area contributed by atoms with Gasteiger partial charge in [0.2, 0.25) is 5.91 Å². The van der Waals surface area contributed by atoms with E-state index < -0.39 is 0 Å². The molecule has 2 aliphatic heterocycles. The van der Waals surface area contributed by atoms with Crippen LogP contribution in [0.2, 0.25) is 0 Å². The van der Waals surface area contributed by atoms with Gasteiger partial charge in [0.1, 0.15) is 5.58 Å². The highest BCUT2D eigenvalue weighted by atomic mass is 35.5. The summed E-state index contributed by atoms with van der Waals surface area (Å²) in [6.07, 6.45) is 1.86. The number of nitrogens with zero attached hydrogens (tertiary/aromatic N) is 2. The Hall–Kier alpha value is -2.05. The van der Waals surface area contributed by atoms with Crippen LogP contribution in [0.3, 0.4) is 0 Å². The van der Waals surface area contributed by atoms with E-state index in [4.69, 9.17) is 4.42 Å². The van der Waals surface area contributed by atoms with Gasteiger partial charge in [-0.1, -0.05) is 18.2 Å². The van der Waals surface area contributed by atoms with E-state index in [0.717, 1.165) is 42.5 Å². The van der Waals surface area contributed by atoms with Gasteiger partial charge in [0.25, 0.3) is 5.91 Å². The minimum absolute atomic E-state index is 0. The normalized spacial score (nSPS) is 21.0. The molecule has 140 valence electrons. The van der Waals surface area contributed by atoms with Gasteiger partial charge in [-0.25, -0.2) is 0 Å². The van der Waals surface area contributed by atoms with Crippen LogP contribution in [0.15, 0.2) is 28.7 Å². The van der Waals surface area contributed by atoms with Crippen LogP contribution in [0.1, 0.15) is 29.0 Å². The number of hydrogen-bond donors (Lipinski definition) is 1. The fourth-order valence-corrected chi connectivity index (χ4v) is 3.92. The van der Waals surface area contributed by atoms with Crippen LogP contribution in [-0.2, 0) is 4.79 Å². The topological polar surface area (TPSA) is 65.8 Å². The van der Waals surface area contributed by atoms with E-state index >= 15 is 0 Å². The standard InChI is InChI=1S/C19H23N3O3.ClH/c1-13-15-6-2-3-7-16(15)25-18(13)19(24)21-9-4-5-14(12-21)22-10-8-20-11-17(22)23;/h2-3,6-7,14,20H,4-5,8-12H2,1H3;1H. The highest BCUT2D eigenvalue weighted by molar-refractivity contribution is 5.99. The predicted molar refractivity (Wildman–Crippen MR) is 102 cm³/mol. The van der Waals surface area contributed by atoms with Crippen LogP contribution in [0.25, 0.3) is 11.0 Å². The van der Waals surface area contributed by atoms with Crippen molar-refractivity contribution in [3.63, 3.8) is 0 Å². The van der Waals surface area contributed by atoms with E-state index in [-0.39, 0.29) is 30.3 Å². The van der Waals surface area contributed by atoms with Gasteiger partial charge < -0.3 is 19.5 Å². The number of piperidine rings is 1. The highest BCUT2D eigenvalue weighted by Crippen LogP contribution is 2.27. The van der Waals surface area contributed by atoms with Crippen molar-refractivity contribution in [2.24, 2.45) is 0 Å². The van der Waals surface area contributed by atoms with E-state index in [0.29, 0.717) is 25.4 Å². The maximum atomic E-state index is 13.0. The van der Waals surface area contributed by atoms with Gasteiger partial charge in [0.15, 0.2) is 5.76 Å². The average molecular weight is 378 g/mol. The van der Waals surface area contributed by atoms with Crippen LogP contribution in [0.5, 0.6) is 0 Å². The van der Waals surface area contributed by atoms with Gasteiger partial charge >= 0.3 is 0 Å². The quantitative estimate of drug-likeness (QED) is 0.871. The Labute approximate surface area is 158 Å². The summed E-state index contributed by atoms with van der Waals surface area (Å²) < 4.78 is 5.83. The molecule has 1 N–H and O–H groups in total. The molecule has 0 bridgehead atoms. The number of fused-ring (bicyclic) bond motifs is 1. The number of carbonyl (C=O) groups is 2. The van der Waals surface area contributed by atoms with E-state index in [1.54, 1.807) is 0 Å². The zero-order valence-corrected chi connectivity index (χ0v) is 15.7. The number of hydrogen-bond acceptors (Lipinski definition) is 4. The number of halogens is 1. The van der Waals surface area contributed by atoms with E-state index in [1.807, 2.05) is 41.0 Å². The Morgan fingerprint density at radius 1 is 1.27 bits per heavy atom. The second-order valence-electron chi connectivity index (χ2n) is 6.86. The van der Waals surface area contributed by atoms with E-state index in [9.17, 15) is 9.59 Å². The summed E-state index contributed by atoms with van der Waals surface area (Å²) in [5.41, 5.74) is 1.63. The summed E-state index contributed by atoms with van der Waals surface area (Å²) in [5.74, 6) is 0.486. The Balaban J connectivity index is 0.00000196. The first-order chi connectivity index (χ1) is 12.1. The number of carbonyl (C=O) groups excluding carboxylic acids is 2. The molecule has 0 aliphatic carbocycles. The van der Waals surface area contributed by atoms with Crippen molar-refractivity contribution in [3.8, 4) is 0 Å². The van der Waals surface area contributed by atoms with Gasteiger partial charge in [-0.3, -0.25) is 9.59 Å². The molecule has 1 aromatic heterocycles.